The lowest BCUT2D eigenvalue weighted by atomic mass is 9.79. The van der Waals surface area contributed by atoms with Gasteiger partial charge in [-0.2, -0.15) is 0 Å². The van der Waals surface area contributed by atoms with E-state index in [1.165, 1.54) is 24.8 Å². The summed E-state index contributed by atoms with van der Waals surface area (Å²) in [5, 5.41) is 0. The number of rotatable bonds is 4. The van der Waals surface area contributed by atoms with Crippen LogP contribution in [0.25, 0.3) is 0 Å². The van der Waals surface area contributed by atoms with Crippen molar-refractivity contribution >= 4 is 5.78 Å². The van der Waals surface area contributed by atoms with Crippen molar-refractivity contribution in [3.05, 3.63) is 35.4 Å². The van der Waals surface area contributed by atoms with E-state index < -0.39 is 0 Å². The zero-order chi connectivity index (χ0) is 12.4. The summed E-state index contributed by atoms with van der Waals surface area (Å²) in [5.74, 6) is 1.53. The standard InChI is InChI=1S/C16H22O/c1-11(2)12(3)16(17)15-9-5-8-14(10-15)13-6-4-7-13/h5,8-13H,4,6-7H2,1-3H3. The van der Waals surface area contributed by atoms with Crippen LogP contribution in [0.4, 0.5) is 0 Å². The lowest BCUT2D eigenvalue weighted by Gasteiger charge is -2.26. The van der Waals surface area contributed by atoms with Gasteiger partial charge in [0.25, 0.3) is 0 Å². The molecule has 1 aromatic rings. The average Bonchev–Trinajstić information content (AvgIpc) is 2.25. The molecule has 0 aromatic heterocycles. The minimum Gasteiger partial charge on any atom is -0.294 e. The van der Waals surface area contributed by atoms with Gasteiger partial charge in [0.1, 0.15) is 0 Å². The van der Waals surface area contributed by atoms with E-state index in [4.69, 9.17) is 0 Å². The summed E-state index contributed by atoms with van der Waals surface area (Å²) in [6.45, 7) is 6.25. The molecule has 0 saturated heterocycles. The second-order valence-electron chi connectivity index (χ2n) is 5.65. The van der Waals surface area contributed by atoms with Crippen LogP contribution in [0.3, 0.4) is 0 Å². The first kappa shape index (κ1) is 12.3. The van der Waals surface area contributed by atoms with Crippen LogP contribution in [0.1, 0.15) is 61.9 Å². The Hall–Kier alpha value is -1.11. The number of Topliss-reactive ketones (excluding diaryl/α,β-unsaturated/α-hetero) is 1. The Morgan fingerprint density at radius 2 is 1.94 bits per heavy atom. The molecular formula is C16H22O. The first-order valence-corrected chi connectivity index (χ1v) is 6.73. The zero-order valence-corrected chi connectivity index (χ0v) is 11.1. The lowest BCUT2D eigenvalue weighted by Crippen LogP contribution is -2.17. The van der Waals surface area contributed by atoms with Crippen LogP contribution in [-0.4, -0.2) is 5.78 Å². The van der Waals surface area contributed by atoms with Gasteiger partial charge in [-0.15, -0.1) is 0 Å². The van der Waals surface area contributed by atoms with Gasteiger partial charge in [-0.05, 0) is 36.3 Å². The number of benzene rings is 1. The minimum atomic E-state index is 0.117. The minimum absolute atomic E-state index is 0.117. The molecule has 1 aromatic carbocycles. The Morgan fingerprint density at radius 1 is 1.24 bits per heavy atom. The van der Waals surface area contributed by atoms with Crippen LogP contribution in [0, 0.1) is 11.8 Å². The van der Waals surface area contributed by atoms with Gasteiger partial charge in [0, 0.05) is 11.5 Å². The third-order valence-electron chi connectivity index (χ3n) is 4.16. The number of carbonyl (C=O) groups is 1. The Balaban J connectivity index is 2.17. The van der Waals surface area contributed by atoms with Gasteiger partial charge in [-0.25, -0.2) is 0 Å². The molecule has 0 N–H and O–H groups in total. The monoisotopic (exact) mass is 230 g/mol. The fourth-order valence-electron chi connectivity index (χ4n) is 2.25. The molecule has 1 unspecified atom stereocenters. The highest BCUT2D eigenvalue weighted by molar-refractivity contribution is 5.97. The van der Waals surface area contributed by atoms with Gasteiger partial charge < -0.3 is 0 Å². The van der Waals surface area contributed by atoms with Crippen molar-refractivity contribution in [2.45, 2.75) is 46.0 Å². The second kappa shape index (κ2) is 5.03. The molecule has 1 nitrogen and oxygen atoms in total. The van der Waals surface area contributed by atoms with Crippen molar-refractivity contribution in [2.75, 3.05) is 0 Å². The van der Waals surface area contributed by atoms with Gasteiger partial charge >= 0.3 is 0 Å². The maximum absolute atomic E-state index is 12.3. The third kappa shape index (κ3) is 2.59. The molecule has 0 bridgehead atoms. The van der Waals surface area contributed by atoms with Crippen molar-refractivity contribution in [3.8, 4) is 0 Å². The number of hydrogen-bond acceptors (Lipinski definition) is 1. The van der Waals surface area contributed by atoms with E-state index >= 15 is 0 Å². The van der Waals surface area contributed by atoms with Crippen molar-refractivity contribution in [1.29, 1.82) is 0 Å². The third-order valence-corrected chi connectivity index (χ3v) is 4.16. The van der Waals surface area contributed by atoms with Crippen molar-refractivity contribution in [3.63, 3.8) is 0 Å². The van der Waals surface area contributed by atoms with Gasteiger partial charge in [-0.1, -0.05) is 45.4 Å². The molecule has 0 radical (unpaired) electrons. The Morgan fingerprint density at radius 3 is 2.47 bits per heavy atom. The van der Waals surface area contributed by atoms with E-state index in [0.29, 0.717) is 17.6 Å². The molecule has 0 amide bonds. The molecule has 17 heavy (non-hydrogen) atoms. The zero-order valence-electron chi connectivity index (χ0n) is 11.1. The Labute approximate surface area is 104 Å². The smallest absolute Gasteiger partial charge is 0.165 e. The van der Waals surface area contributed by atoms with Gasteiger partial charge in [0.05, 0.1) is 0 Å². The van der Waals surface area contributed by atoms with E-state index in [0.717, 1.165) is 5.56 Å². The predicted octanol–water partition coefficient (Wildman–Crippen LogP) is 4.43. The molecule has 1 atom stereocenters. The molecule has 1 aliphatic carbocycles. The van der Waals surface area contributed by atoms with E-state index in [2.05, 4.69) is 26.0 Å². The average molecular weight is 230 g/mol. The summed E-state index contributed by atoms with van der Waals surface area (Å²) >= 11 is 0. The molecular weight excluding hydrogens is 208 g/mol. The van der Waals surface area contributed by atoms with E-state index in [1.54, 1.807) is 0 Å². The maximum Gasteiger partial charge on any atom is 0.165 e. The SMILES string of the molecule is CC(C)C(C)C(=O)c1cccc(C2CCC2)c1. The highest BCUT2D eigenvalue weighted by Gasteiger charge is 2.22. The highest BCUT2D eigenvalue weighted by Crippen LogP contribution is 2.36. The van der Waals surface area contributed by atoms with Crippen LogP contribution < -0.4 is 0 Å². The van der Waals surface area contributed by atoms with Crippen LogP contribution in [0.2, 0.25) is 0 Å². The molecule has 1 fully saturated rings. The molecule has 1 heteroatoms. The normalized spacial score (nSPS) is 17.9. The molecule has 0 aliphatic heterocycles. The van der Waals surface area contributed by atoms with Crippen molar-refractivity contribution in [2.24, 2.45) is 11.8 Å². The molecule has 1 saturated carbocycles. The van der Waals surface area contributed by atoms with E-state index in [1.807, 2.05) is 19.1 Å². The lowest BCUT2D eigenvalue weighted by molar-refractivity contribution is 0.0899. The van der Waals surface area contributed by atoms with Crippen molar-refractivity contribution in [1.82, 2.24) is 0 Å². The predicted molar refractivity (Wildman–Crippen MR) is 71.4 cm³/mol. The largest absolute Gasteiger partial charge is 0.294 e. The number of ketones is 1. The van der Waals surface area contributed by atoms with E-state index in [9.17, 15) is 4.79 Å². The first-order valence-electron chi connectivity index (χ1n) is 6.73. The van der Waals surface area contributed by atoms with Crippen LogP contribution in [0.5, 0.6) is 0 Å². The fourth-order valence-corrected chi connectivity index (χ4v) is 2.25. The molecule has 2 rings (SSSR count). The maximum atomic E-state index is 12.3. The topological polar surface area (TPSA) is 17.1 Å². The van der Waals surface area contributed by atoms with Crippen LogP contribution >= 0.6 is 0 Å². The summed E-state index contributed by atoms with van der Waals surface area (Å²) in [6, 6.07) is 8.28. The van der Waals surface area contributed by atoms with Crippen LogP contribution in [-0.2, 0) is 0 Å². The molecule has 0 spiro atoms. The van der Waals surface area contributed by atoms with Gasteiger partial charge in [0.2, 0.25) is 0 Å². The summed E-state index contributed by atoms with van der Waals surface area (Å²) < 4.78 is 0. The molecule has 0 heterocycles. The summed E-state index contributed by atoms with van der Waals surface area (Å²) in [7, 11) is 0. The Bertz CT molecular complexity index is 402. The number of carbonyl (C=O) groups excluding carboxylic acids is 1. The summed E-state index contributed by atoms with van der Waals surface area (Å²) in [5.41, 5.74) is 2.26. The first-order chi connectivity index (χ1) is 8.09. The van der Waals surface area contributed by atoms with Gasteiger partial charge in [0.15, 0.2) is 5.78 Å². The highest BCUT2D eigenvalue weighted by atomic mass is 16.1. The number of hydrogen-bond donors (Lipinski definition) is 0. The summed E-state index contributed by atoms with van der Waals surface area (Å²) in [4.78, 5) is 12.3. The van der Waals surface area contributed by atoms with Crippen LogP contribution in [0.15, 0.2) is 24.3 Å². The molecule has 1 aliphatic rings. The molecule has 92 valence electrons. The second-order valence-corrected chi connectivity index (χ2v) is 5.65. The Kier molecular flexibility index (Phi) is 3.66. The van der Waals surface area contributed by atoms with Crippen molar-refractivity contribution < 1.29 is 4.79 Å². The fraction of sp³-hybridized carbons (Fsp3) is 0.562. The summed E-state index contributed by atoms with van der Waals surface area (Å²) in [6.07, 6.45) is 3.92. The quantitative estimate of drug-likeness (QED) is 0.699. The van der Waals surface area contributed by atoms with E-state index in [-0.39, 0.29) is 5.92 Å². The van der Waals surface area contributed by atoms with Gasteiger partial charge in [-0.3, -0.25) is 4.79 Å².